The Morgan fingerprint density at radius 1 is 1.07 bits per heavy atom. The molecule has 1 unspecified atom stereocenters. The number of hydrogen-bond acceptors (Lipinski definition) is 4. The van der Waals surface area contributed by atoms with Crippen LogP contribution in [-0.2, 0) is 20.7 Å². The maximum Gasteiger partial charge on any atom is 0.323 e. The Balaban J connectivity index is 1.89. The van der Waals surface area contributed by atoms with Crippen molar-refractivity contribution in [3.8, 4) is 5.75 Å². The molecule has 1 aromatic rings. The van der Waals surface area contributed by atoms with Crippen LogP contribution in [0.1, 0.15) is 77.2 Å². The van der Waals surface area contributed by atoms with E-state index < -0.39 is 17.4 Å². The third-order valence-electron chi connectivity index (χ3n) is 5.69. The van der Waals surface area contributed by atoms with Gasteiger partial charge in [0.15, 0.2) is 5.41 Å². The van der Waals surface area contributed by atoms with Crippen LogP contribution in [0.3, 0.4) is 0 Å². The second-order valence-electron chi connectivity index (χ2n) is 8.16. The highest BCUT2D eigenvalue weighted by Crippen LogP contribution is 2.43. The lowest BCUT2D eigenvalue weighted by Crippen LogP contribution is -2.41. The van der Waals surface area contributed by atoms with Gasteiger partial charge >= 0.3 is 11.9 Å². The molecule has 5 heteroatoms. The Morgan fingerprint density at radius 3 is 2.34 bits per heavy atom. The first-order valence-corrected chi connectivity index (χ1v) is 11.1. The summed E-state index contributed by atoms with van der Waals surface area (Å²) in [5, 5.41) is 9.87. The fraction of sp³-hybridized carbons (Fsp3) is 0.667. The molecule has 1 aromatic carbocycles. The normalized spacial score (nSPS) is 15.5. The summed E-state index contributed by atoms with van der Waals surface area (Å²) in [4.78, 5) is 24.6. The molecule has 29 heavy (non-hydrogen) atoms. The number of benzene rings is 1. The number of ether oxygens (including phenoxy) is 2. The van der Waals surface area contributed by atoms with Gasteiger partial charge < -0.3 is 14.6 Å². The number of carbonyl (C=O) groups excluding carboxylic acids is 1. The molecular weight excluding hydrogens is 368 g/mol. The van der Waals surface area contributed by atoms with Gasteiger partial charge in [-0.2, -0.15) is 0 Å². The number of carboxylic acid groups (broad SMARTS) is 1. The fourth-order valence-electron chi connectivity index (χ4n) is 3.66. The summed E-state index contributed by atoms with van der Waals surface area (Å²) in [6.45, 7) is 4.83. The van der Waals surface area contributed by atoms with Crippen LogP contribution in [0.25, 0.3) is 0 Å². The quantitative estimate of drug-likeness (QED) is 0.241. The molecule has 1 N–H and O–H groups in total. The molecular formula is C24H36O5. The van der Waals surface area contributed by atoms with Crippen LogP contribution >= 0.6 is 0 Å². The van der Waals surface area contributed by atoms with Gasteiger partial charge in [-0.15, -0.1) is 0 Å². The highest BCUT2D eigenvalue weighted by atomic mass is 16.5. The highest BCUT2D eigenvalue weighted by Gasteiger charge is 2.50. The minimum absolute atomic E-state index is 0.197. The predicted octanol–water partition coefficient (Wildman–Crippen LogP) is 5.40. The van der Waals surface area contributed by atoms with E-state index >= 15 is 0 Å². The second-order valence-corrected chi connectivity index (χ2v) is 8.16. The third-order valence-corrected chi connectivity index (χ3v) is 5.69. The molecule has 1 aliphatic rings. The molecule has 0 amide bonds. The molecule has 0 saturated heterocycles. The maximum absolute atomic E-state index is 12.5. The first-order valence-electron chi connectivity index (χ1n) is 11.1. The molecule has 1 fully saturated rings. The van der Waals surface area contributed by atoms with Crippen molar-refractivity contribution in [1.29, 1.82) is 0 Å². The maximum atomic E-state index is 12.5. The van der Waals surface area contributed by atoms with Crippen molar-refractivity contribution in [2.24, 2.45) is 11.3 Å². The predicted molar refractivity (Wildman–Crippen MR) is 113 cm³/mol. The first-order chi connectivity index (χ1) is 14.0. The summed E-state index contributed by atoms with van der Waals surface area (Å²) < 4.78 is 10.9. The van der Waals surface area contributed by atoms with E-state index in [1.807, 2.05) is 24.3 Å². The van der Waals surface area contributed by atoms with Crippen LogP contribution in [0.5, 0.6) is 5.75 Å². The molecule has 0 aliphatic heterocycles. The summed E-state index contributed by atoms with van der Waals surface area (Å²) >= 11 is 0. The summed E-state index contributed by atoms with van der Waals surface area (Å²) in [6, 6.07) is 7.77. The van der Waals surface area contributed by atoms with Gasteiger partial charge in [0, 0.05) is 0 Å². The van der Waals surface area contributed by atoms with Crippen molar-refractivity contribution in [3.63, 3.8) is 0 Å². The molecule has 0 aromatic heterocycles. The number of rotatable bonds is 15. The lowest BCUT2D eigenvalue weighted by molar-refractivity contribution is -0.170. The number of carbonyl (C=O) groups is 2. The van der Waals surface area contributed by atoms with Crippen LogP contribution in [0.4, 0.5) is 0 Å². The van der Waals surface area contributed by atoms with Crippen molar-refractivity contribution in [2.45, 2.75) is 78.1 Å². The van der Waals surface area contributed by atoms with Gasteiger partial charge in [0.05, 0.1) is 13.2 Å². The third kappa shape index (κ3) is 7.37. The largest absolute Gasteiger partial charge is 0.494 e. The van der Waals surface area contributed by atoms with Crippen molar-refractivity contribution in [2.75, 3.05) is 13.2 Å². The lowest BCUT2D eigenvalue weighted by Gasteiger charge is -2.27. The number of carboxylic acids is 1. The molecule has 0 bridgehead atoms. The summed E-state index contributed by atoms with van der Waals surface area (Å²) in [5.74, 6) is -0.506. The van der Waals surface area contributed by atoms with Crippen LogP contribution < -0.4 is 4.74 Å². The van der Waals surface area contributed by atoms with Crippen molar-refractivity contribution >= 4 is 11.9 Å². The van der Waals surface area contributed by atoms with E-state index in [-0.39, 0.29) is 13.0 Å². The zero-order valence-corrected chi connectivity index (χ0v) is 18.0. The second kappa shape index (κ2) is 11.8. The zero-order chi connectivity index (χ0) is 21.1. The molecule has 0 radical (unpaired) electrons. The molecule has 0 spiro atoms. The SMILES string of the molecule is CCCCCCCOc1ccc(CCC(CC2CC2)(C(=O)O)C(=O)OCC)cc1. The number of esters is 1. The van der Waals surface area contributed by atoms with Crippen LogP contribution in [0, 0.1) is 11.3 Å². The average molecular weight is 405 g/mol. The molecule has 1 atom stereocenters. The Bertz CT molecular complexity index is 635. The topological polar surface area (TPSA) is 72.8 Å². The van der Waals surface area contributed by atoms with Crippen LogP contribution in [0.15, 0.2) is 24.3 Å². The fourth-order valence-corrected chi connectivity index (χ4v) is 3.66. The minimum Gasteiger partial charge on any atom is -0.494 e. The molecule has 5 nitrogen and oxygen atoms in total. The zero-order valence-electron chi connectivity index (χ0n) is 18.0. The number of aliphatic carboxylic acids is 1. The van der Waals surface area contributed by atoms with E-state index in [9.17, 15) is 14.7 Å². The Labute approximate surface area is 174 Å². The molecule has 0 heterocycles. The van der Waals surface area contributed by atoms with Gasteiger partial charge in [0.25, 0.3) is 0 Å². The monoisotopic (exact) mass is 404 g/mol. The van der Waals surface area contributed by atoms with E-state index in [0.29, 0.717) is 18.8 Å². The van der Waals surface area contributed by atoms with E-state index in [1.165, 1.54) is 25.7 Å². The van der Waals surface area contributed by atoms with Crippen LogP contribution in [-0.4, -0.2) is 30.3 Å². The number of aryl methyl sites for hydroxylation is 1. The van der Waals surface area contributed by atoms with Gasteiger partial charge in [-0.05, 0) is 56.2 Å². The van der Waals surface area contributed by atoms with Gasteiger partial charge in [-0.25, -0.2) is 0 Å². The van der Waals surface area contributed by atoms with Gasteiger partial charge in [-0.1, -0.05) is 57.6 Å². The average Bonchev–Trinajstić information content (AvgIpc) is 3.52. The van der Waals surface area contributed by atoms with E-state index in [4.69, 9.17) is 9.47 Å². The lowest BCUT2D eigenvalue weighted by atomic mass is 9.77. The van der Waals surface area contributed by atoms with E-state index in [2.05, 4.69) is 6.92 Å². The smallest absolute Gasteiger partial charge is 0.323 e. The molecule has 1 aliphatic carbocycles. The highest BCUT2D eigenvalue weighted by molar-refractivity contribution is 5.99. The summed E-state index contributed by atoms with van der Waals surface area (Å²) in [7, 11) is 0. The molecule has 162 valence electrons. The summed E-state index contributed by atoms with van der Waals surface area (Å²) in [5.41, 5.74) is -0.434. The van der Waals surface area contributed by atoms with Crippen molar-refractivity contribution in [1.82, 2.24) is 0 Å². The Morgan fingerprint density at radius 2 is 1.76 bits per heavy atom. The van der Waals surface area contributed by atoms with Gasteiger partial charge in [0.2, 0.25) is 0 Å². The van der Waals surface area contributed by atoms with Gasteiger partial charge in [-0.3, -0.25) is 9.59 Å². The summed E-state index contributed by atoms with van der Waals surface area (Å²) in [6.07, 6.45) is 9.18. The standard InChI is InChI=1S/C24H36O5/c1-3-5-6-7-8-17-29-21-13-11-19(12-14-21)15-16-24(22(25)26,18-20-9-10-20)23(27)28-4-2/h11-14,20H,3-10,15-18H2,1-2H3,(H,25,26). The Hall–Kier alpha value is -2.04. The van der Waals surface area contributed by atoms with Crippen LogP contribution in [0.2, 0.25) is 0 Å². The number of unbranched alkanes of at least 4 members (excludes halogenated alkanes) is 4. The van der Waals surface area contributed by atoms with Gasteiger partial charge in [0.1, 0.15) is 5.75 Å². The molecule has 1 saturated carbocycles. The van der Waals surface area contributed by atoms with Crippen molar-refractivity contribution < 1.29 is 24.2 Å². The Kier molecular flexibility index (Phi) is 9.49. The minimum atomic E-state index is -1.44. The molecule has 2 rings (SSSR count). The number of hydrogen-bond donors (Lipinski definition) is 1. The van der Waals surface area contributed by atoms with Crippen molar-refractivity contribution in [3.05, 3.63) is 29.8 Å². The van der Waals surface area contributed by atoms with E-state index in [0.717, 1.165) is 37.2 Å². The van der Waals surface area contributed by atoms with E-state index in [1.54, 1.807) is 6.92 Å². The first kappa shape index (κ1) is 23.2.